The van der Waals surface area contributed by atoms with Crippen LogP contribution in [0.2, 0.25) is 0 Å². The lowest BCUT2D eigenvalue weighted by molar-refractivity contribution is -0.156. The number of hydrogen-bond donors (Lipinski definition) is 1. The largest absolute Gasteiger partial charge is 0.459 e. The highest BCUT2D eigenvalue weighted by Gasteiger charge is 2.21. The monoisotopic (exact) mass is 427 g/mol. The molecule has 1 atom stereocenters. The highest BCUT2D eigenvalue weighted by molar-refractivity contribution is 5.75. The quantitative estimate of drug-likeness (QED) is 0.206. The van der Waals surface area contributed by atoms with Crippen LogP contribution in [0.1, 0.15) is 124 Å². The summed E-state index contributed by atoms with van der Waals surface area (Å²) in [5.74, 6) is -0.268. The van der Waals surface area contributed by atoms with E-state index >= 15 is 0 Å². The first-order valence-corrected chi connectivity index (χ1v) is 12.6. The summed E-state index contributed by atoms with van der Waals surface area (Å²) in [5, 5.41) is 0. The Balaban J connectivity index is 1.74. The van der Waals surface area contributed by atoms with Crippen LogP contribution in [-0.2, 0) is 19.0 Å². The summed E-state index contributed by atoms with van der Waals surface area (Å²) < 4.78 is 16.2. The summed E-state index contributed by atoms with van der Waals surface area (Å²) in [7, 11) is 0. The molecule has 0 aliphatic carbocycles. The van der Waals surface area contributed by atoms with Crippen LogP contribution in [0.15, 0.2) is 0 Å². The Bertz CT molecular complexity index is 416. The second-order valence-electron chi connectivity index (χ2n) is 9.84. The van der Waals surface area contributed by atoms with Crippen LogP contribution in [0.5, 0.6) is 0 Å². The van der Waals surface area contributed by atoms with Gasteiger partial charge in [0, 0.05) is 0 Å². The molecule has 30 heavy (non-hydrogen) atoms. The van der Waals surface area contributed by atoms with Gasteiger partial charge in [0.2, 0.25) is 0 Å². The molecule has 2 N–H and O–H groups in total. The first-order chi connectivity index (χ1) is 14.4. The number of nitrogens with two attached hydrogens (primary N) is 1. The van der Waals surface area contributed by atoms with E-state index in [1.165, 1.54) is 77.0 Å². The van der Waals surface area contributed by atoms with Gasteiger partial charge in [-0.1, -0.05) is 83.5 Å². The van der Waals surface area contributed by atoms with Gasteiger partial charge in [0.05, 0.1) is 13.2 Å². The number of rotatable bonds is 18. The molecule has 1 aliphatic rings. The van der Waals surface area contributed by atoms with Gasteiger partial charge in [-0.3, -0.25) is 4.79 Å². The third-order valence-electron chi connectivity index (χ3n) is 5.61. The second-order valence-corrected chi connectivity index (χ2v) is 9.84. The molecule has 1 heterocycles. The van der Waals surface area contributed by atoms with Gasteiger partial charge in [-0.05, 0) is 40.0 Å². The van der Waals surface area contributed by atoms with Crippen molar-refractivity contribution in [2.24, 2.45) is 5.73 Å². The minimum atomic E-state index is -0.473. The summed E-state index contributed by atoms with van der Waals surface area (Å²) in [4.78, 5) is 11.8. The minimum absolute atomic E-state index is 0.0832. The molecular weight excluding hydrogens is 378 g/mol. The molecule has 0 saturated carbocycles. The van der Waals surface area contributed by atoms with Crippen LogP contribution in [-0.4, -0.2) is 37.1 Å². The van der Waals surface area contributed by atoms with Crippen molar-refractivity contribution < 1.29 is 19.0 Å². The molecule has 5 heteroatoms. The molecule has 1 rings (SSSR count). The molecule has 178 valence electrons. The van der Waals surface area contributed by atoms with Crippen LogP contribution >= 0.6 is 0 Å². The van der Waals surface area contributed by atoms with E-state index in [0.29, 0.717) is 0 Å². The molecule has 0 unspecified atom stereocenters. The van der Waals surface area contributed by atoms with E-state index in [2.05, 4.69) is 0 Å². The molecule has 0 spiro atoms. The Morgan fingerprint density at radius 1 is 0.800 bits per heavy atom. The van der Waals surface area contributed by atoms with Crippen LogP contribution in [0.3, 0.4) is 0 Å². The van der Waals surface area contributed by atoms with Crippen LogP contribution in [0, 0.1) is 0 Å². The molecule has 0 aromatic heterocycles. The number of esters is 1. The van der Waals surface area contributed by atoms with Gasteiger partial charge >= 0.3 is 5.97 Å². The Hall–Kier alpha value is -0.650. The smallest absolute Gasteiger partial charge is 0.323 e. The Kier molecular flexibility index (Phi) is 15.5. The highest BCUT2D eigenvalue weighted by Crippen LogP contribution is 2.16. The van der Waals surface area contributed by atoms with Gasteiger partial charge in [0.1, 0.15) is 11.6 Å². The first-order valence-electron chi connectivity index (χ1n) is 12.6. The summed E-state index contributed by atoms with van der Waals surface area (Å²) in [6, 6.07) is -0.473. The van der Waals surface area contributed by atoms with E-state index in [1.54, 1.807) is 0 Å². The lowest BCUT2D eigenvalue weighted by Crippen LogP contribution is -2.37. The molecule has 0 bridgehead atoms. The number of unbranched alkanes of at least 4 members (excludes halogenated alkanes) is 13. The van der Waals surface area contributed by atoms with Crippen molar-refractivity contribution in [1.29, 1.82) is 0 Å². The summed E-state index contributed by atoms with van der Waals surface area (Å²) in [5.41, 5.74) is 5.47. The molecule has 0 aromatic rings. The summed E-state index contributed by atoms with van der Waals surface area (Å²) in [6.07, 6.45) is 20.1. The fourth-order valence-electron chi connectivity index (χ4n) is 3.87. The summed E-state index contributed by atoms with van der Waals surface area (Å²) >= 11 is 0. The first kappa shape index (κ1) is 27.4. The standard InChI is InChI=1S/C25H49NO4/c1-25(2,3)30-24(27)22(26)18-16-14-12-10-8-6-4-5-7-9-11-13-15-17-19-23-28-20-21-29-23/h22-23H,4-21,26H2,1-3H3/t22-/m0/s1. The molecule has 0 radical (unpaired) electrons. The van der Waals surface area contributed by atoms with Gasteiger partial charge in [-0.25, -0.2) is 0 Å². The highest BCUT2D eigenvalue weighted by atomic mass is 16.7. The van der Waals surface area contributed by atoms with Crippen LogP contribution < -0.4 is 5.73 Å². The average Bonchev–Trinajstić information content (AvgIpc) is 3.19. The van der Waals surface area contributed by atoms with E-state index < -0.39 is 11.6 Å². The van der Waals surface area contributed by atoms with Gasteiger partial charge in [0.15, 0.2) is 6.29 Å². The van der Waals surface area contributed by atoms with Crippen molar-refractivity contribution in [1.82, 2.24) is 0 Å². The number of carbonyl (C=O) groups is 1. The summed E-state index contributed by atoms with van der Waals surface area (Å²) in [6.45, 7) is 7.18. The van der Waals surface area contributed by atoms with Crippen molar-refractivity contribution in [3.63, 3.8) is 0 Å². The predicted octanol–water partition coefficient (Wildman–Crippen LogP) is 6.27. The third kappa shape index (κ3) is 16.1. The zero-order chi connectivity index (χ0) is 22.1. The molecule has 1 aliphatic heterocycles. The zero-order valence-electron chi connectivity index (χ0n) is 20.1. The van der Waals surface area contributed by atoms with E-state index in [-0.39, 0.29) is 12.3 Å². The lowest BCUT2D eigenvalue weighted by atomic mass is 10.0. The van der Waals surface area contributed by atoms with Crippen molar-refractivity contribution in [3.05, 3.63) is 0 Å². The van der Waals surface area contributed by atoms with E-state index in [4.69, 9.17) is 19.9 Å². The van der Waals surface area contributed by atoms with Crippen molar-refractivity contribution in [2.75, 3.05) is 13.2 Å². The van der Waals surface area contributed by atoms with Crippen molar-refractivity contribution >= 4 is 5.97 Å². The SMILES string of the molecule is CC(C)(C)OC(=O)[C@@H](N)CCCCCCCCCCCCCCCCC1OCCO1. The topological polar surface area (TPSA) is 70.8 Å². The maximum absolute atomic E-state index is 11.8. The van der Waals surface area contributed by atoms with Crippen molar-refractivity contribution in [3.8, 4) is 0 Å². The normalized spacial score (nSPS) is 16.1. The average molecular weight is 428 g/mol. The van der Waals surface area contributed by atoms with Crippen molar-refractivity contribution in [2.45, 2.75) is 141 Å². The molecular formula is C25H49NO4. The van der Waals surface area contributed by atoms with Crippen LogP contribution in [0.25, 0.3) is 0 Å². The maximum Gasteiger partial charge on any atom is 0.323 e. The molecule has 1 saturated heterocycles. The third-order valence-corrected chi connectivity index (χ3v) is 5.61. The molecule has 5 nitrogen and oxygen atoms in total. The number of ether oxygens (including phenoxy) is 3. The zero-order valence-corrected chi connectivity index (χ0v) is 20.1. The molecule has 0 amide bonds. The fourth-order valence-corrected chi connectivity index (χ4v) is 3.87. The molecule has 0 aromatic carbocycles. The fraction of sp³-hybridized carbons (Fsp3) is 0.960. The predicted molar refractivity (Wildman–Crippen MR) is 123 cm³/mol. The van der Waals surface area contributed by atoms with Gasteiger partial charge in [-0.2, -0.15) is 0 Å². The van der Waals surface area contributed by atoms with E-state index in [9.17, 15) is 4.79 Å². The molecule has 1 fully saturated rings. The Morgan fingerprint density at radius 3 is 1.63 bits per heavy atom. The minimum Gasteiger partial charge on any atom is -0.459 e. The second kappa shape index (κ2) is 17.0. The van der Waals surface area contributed by atoms with E-state index in [1.807, 2.05) is 20.8 Å². The Labute approximate surface area is 185 Å². The van der Waals surface area contributed by atoms with Gasteiger partial charge in [0.25, 0.3) is 0 Å². The lowest BCUT2D eigenvalue weighted by Gasteiger charge is -2.22. The number of hydrogen-bond acceptors (Lipinski definition) is 5. The van der Waals surface area contributed by atoms with Gasteiger partial charge in [-0.15, -0.1) is 0 Å². The van der Waals surface area contributed by atoms with E-state index in [0.717, 1.165) is 38.9 Å². The maximum atomic E-state index is 11.8. The number of carbonyl (C=O) groups excluding carboxylic acids is 1. The Morgan fingerprint density at radius 2 is 1.20 bits per heavy atom. The van der Waals surface area contributed by atoms with Crippen LogP contribution in [0.4, 0.5) is 0 Å². The van der Waals surface area contributed by atoms with Gasteiger partial charge < -0.3 is 19.9 Å².